The van der Waals surface area contributed by atoms with Crippen LogP contribution in [0.25, 0.3) is 80.3 Å². The highest BCUT2D eigenvalue weighted by molar-refractivity contribution is 7.26. The van der Waals surface area contributed by atoms with E-state index in [0.29, 0.717) is 5.41 Å². The monoisotopic (exact) mass is 948 g/mol. The topological polar surface area (TPSA) is 8.17 Å². The van der Waals surface area contributed by atoms with Gasteiger partial charge in [-0.3, -0.25) is 0 Å². The van der Waals surface area contributed by atoms with E-state index in [-0.39, 0.29) is 17.7 Å². The van der Waals surface area contributed by atoms with Gasteiger partial charge in [-0.15, -0.1) is 11.3 Å². The Hall–Kier alpha value is -5.84. The molecule has 4 heterocycles. The summed E-state index contributed by atoms with van der Waals surface area (Å²) < 4.78 is 5.56. The maximum absolute atomic E-state index is 2.84. The average Bonchev–Trinajstić information content (AvgIpc) is 3.90. The first kappa shape index (κ1) is 40.6. The lowest BCUT2D eigenvalue weighted by Crippen LogP contribution is -2.61. The lowest BCUT2D eigenvalue weighted by molar-refractivity contribution is -0.00526. The normalized spacial score (nSPS) is 28.4. The van der Waals surface area contributed by atoms with Crippen LogP contribution in [0.1, 0.15) is 115 Å². The number of nitrogens with zero attached hydrogens (tertiary/aromatic N) is 2. The fraction of sp³-hybridized carbons (Fsp3) is 0.353. The minimum atomic E-state index is -0.00203. The van der Waals surface area contributed by atoms with E-state index in [1.165, 1.54) is 185 Å². The van der Waals surface area contributed by atoms with Crippen molar-refractivity contribution < 1.29 is 0 Å². The predicted molar refractivity (Wildman–Crippen MR) is 306 cm³/mol. The van der Waals surface area contributed by atoms with Crippen molar-refractivity contribution in [3.63, 3.8) is 0 Å². The van der Waals surface area contributed by atoms with Crippen molar-refractivity contribution in [2.45, 2.75) is 114 Å². The number of rotatable bonds is 3. The van der Waals surface area contributed by atoms with Crippen molar-refractivity contribution in [2.24, 2.45) is 35.5 Å². The summed E-state index contributed by atoms with van der Waals surface area (Å²) in [4.78, 5) is 2.84. The van der Waals surface area contributed by atoms with Crippen LogP contribution in [-0.2, 0) is 16.2 Å². The number of benzene rings is 8. The molecule has 0 saturated heterocycles. The summed E-state index contributed by atoms with van der Waals surface area (Å²) in [5.74, 6) is 5.40. The third-order valence-electron chi connectivity index (χ3n) is 21.3. The van der Waals surface area contributed by atoms with E-state index in [1.807, 2.05) is 11.3 Å². The van der Waals surface area contributed by atoms with Crippen LogP contribution in [0.5, 0.6) is 0 Å². The Bertz CT molecular complexity index is 3990. The van der Waals surface area contributed by atoms with E-state index in [9.17, 15) is 0 Å². The van der Waals surface area contributed by atoms with Gasteiger partial charge in [0.1, 0.15) is 0 Å². The van der Waals surface area contributed by atoms with Gasteiger partial charge in [-0.2, -0.15) is 0 Å². The number of hydrogen-bond acceptors (Lipinski definition) is 2. The molecule has 0 spiro atoms. The first-order chi connectivity index (χ1) is 35.1. The lowest BCUT2D eigenvalue weighted by atomic mass is 9.42. The standard InChI is InChI=1S/C68H61BN2S/c1-66(2,3)47-12-15-50(16-13-47)71-60-31-62-55(54-24-44-8-4-5-9-45(44)26-61(54)72-62)30-53(60)56-25-46-10-6-7-11-51(46)65-63(56)69(71)58-29-49(68-35-41-21-42(36-68)23-43(22-41)37-68)28-57-52-27-48(14-17-59(52)70(65)64(57)58)67-32-38-18-39(33-67)20-40(19-38)34-67/h4-17,24-31,38-43H,18-23,32-37H2,1-3H3. The van der Waals surface area contributed by atoms with Gasteiger partial charge in [0.25, 0.3) is 0 Å². The molecule has 4 heteroatoms. The number of anilines is 2. The van der Waals surface area contributed by atoms with E-state index in [1.54, 1.807) is 11.1 Å². The Kier molecular flexibility index (Phi) is 7.71. The molecule has 72 heavy (non-hydrogen) atoms. The average molecular weight is 949 g/mol. The van der Waals surface area contributed by atoms with Gasteiger partial charge in [-0.05, 0) is 239 Å². The zero-order valence-electron chi connectivity index (χ0n) is 42.0. The quantitative estimate of drug-likeness (QED) is 0.160. The van der Waals surface area contributed by atoms with Crippen molar-refractivity contribution in [2.75, 3.05) is 4.81 Å². The van der Waals surface area contributed by atoms with Gasteiger partial charge in [0.2, 0.25) is 0 Å². The van der Waals surface area contributed by atoms with E-state index in [0.717, 1.165) is 35.5 Å². The molecule has 2 aliphatic heterocycles. The molecule has 0 unspecified atom stereocenters. The maximum Gasteiger partial charge on any atom is 0.333 e. The Morgan fingerprint density at radius 2 is 1.08 bits per heavy atom. The Morgan fingerprint density at radius 1 is 0.500 bits per heavy atom. The van der Waals surface area contributed by atoms with Gasteiger partial charge < -0.3 is 9.38 Å². The van der Waals surface area contributed by atoms with Gasteiger partial charge in [-0.1, -0.05) is 93.6 Å². The first-order valence-corrected chi connectivity index (χ1v) is 28.9. The Morgan fingerprint density at radius 3 is 1.75 bits per heavy atom. The lowest BCUT2D eigenvalue weighted by Gasteiger charge is -2.57. The summed E-state index contributed by atoms with van der Waals surface area (Å²) in [5.41, 5.74) is 18.0. The molecular formula is C68H61BN2S. The summed E-state index contributed by atoms with van der Waals surface area (Å²) >= 11 is 1.97. The van der Waals surface area contributed by atoms with Crippen LogP contribution in [0.4, 0.5) is 11.4 Å². The van der Waals surface area contributed by atoms with Gasteiger partial charge >= 0.3 is 6.85 Å². The molecule has 0 atom stereocenters. The van der Waals surface area contributed by atoms with Crippen LogP contribution >= 0.6 is 11.3 Å². The number of hydrogen-bond donors (Lipinski definition) is 0. The number of thiophene rings is 1. The van der Waals surface area contributed by atoms with Crippen LogP contribution in [0.15, 0.2) is 133 Å². The van der Waals surface area contributed by atoms with Crippen molar-refractivity contribution in [1.29, 1.82) is 0 Å². The second-order valence-corrected chi connectivity index (χ2v) is 27.6. The highest BCUT2D eigenvalue weighted by Gasteiger charge is 2.54. The fourth-order valence-electron chi connectivity index (χ4n) is 19.2. The summed E-state index contributed by atoms with van der Waals surface area (Å²) in [6.45, 7) is 7.07. The van der Waals surface area contributed by atoms with E-state index < -0.39 is 0 Å². The molecule has 8 aromatic carbocycles. The second kappa shape index (κ2) is 13.7. The van der Waals surface area contributed by atoms with Crippen LogP contribution in [0, 0.1) is 35.5 Å². The maximum atomic E-state index is 2.84. The molecule has 8 saturated carbocycles. The highest BCUT2D eigenvalue weighted by atomic mass is 32.1. The molecule has 352 valence electrons. The van der Waals surface area contributed by atoms with Crippen LogP contribution < -0.4 is 15.7 Å². The number of fused-ring (bicyclic) bond motifs is 13. The summed E-state index contributed by atoms with van der Waals surface area (Å²) in [6.07, 6.45) is 17.2. The molecule has 0 N–H and O–H groups in total. The summed E-state index contributed by atoms with van der Waals surface area (Å²) in [7, 11) is 0. The summed E-state index contributed by atoms with van der Waals surface area (Å²) in [5, 5.41) is 11.1. The van der Waals surface area contributed by atoms with E-state index in [2.05, 4.69) is 164 Å². The van der Waals surface area contributed by atoms with Crippen molar-refractivity contribution in [3.8, 4) is 16.8 Å². The molecule has 2 aromatic heterocycles. The molecule has 0 amide bonds. The SMILES string of the molecule is CC(C)(C)c1ccc(N2B3c4c(cc5ccccc5c4-n4c5ccc(C67CC8CC(CC(C8)C6)C7)cc5c5cc(C67CC8CC(CC(C8)C6)C7)cc3c54)-c3cc4c(cc32)sc2cc3ccccc3cc24)cc1. The second-order valence-electron chi connectivity index (χ2n) is 26.6. The smallest absolute Gasteiger partial charge is 0.333 e. The molecule has 8 aliphatic carbocycles. The Balaban J connectivity index is 0.973. The van der Waals surface area contributed by atoms with Gasteiger partial charge in [-0.25, -0.2) is 0 Å². The molecular weight excluding hydrogens is 888 g/mol. The van der Waals surface area contributed by atoms with Crippen molar-refractivity contribution in [3.05, 3.63) is 150 Å². The molecule has 0 radical (unpaired) electrons. The van der Waals surface area contributed by atoms with E-state index in [4.69, 9.17) is 0 Å². The molecule has 20 rings (SSSR count). The fourth-order valence-corrected chi connectivity index (χ4v) is 20.3. The van der Waals surface area contributed by atoms with Crippen molar-refractivity contribution >= 4 is 104 Å². The molecule has 10 aromatic rings. The van der Waals surface area contributed by atoms with Gasteiger partial charge in [0.15, 0.2) is 0 Å². The van der Waals surface area contributed by atoms with Crippen molar-refractivity contribution in [1.82, 2.24) is 4.57 Å². The third-order valence-corrected chi connectivity index (χ3v) is 22.4. The minimum Gasteiger partial charge on any atom is -0.376 e. The van der Waals surface area contributed by atoms with Crippen LogP contribution in [-0.4, -0.2) is 11.4 Å². The predicted octanol–water partition coefficient (Wildman–Crippen LogP) is 16.9. The highest BCUT2D eigenvalue weighted by Crippen LogP contribution is 2.63. The van der Waals surface area contributed by atoms with Crippen LogP contribution in [0.3, 0.4) is 0 Å². The van der Waals surface area contributed by atoms with E-state index >= 15 is 0 Å². The third kappa shape index (κ3) is 5.33. The summed E-state index contributed by atoms with van der Waals surface area (Å²) in [6, 6.07) is 54.6. The Labute approximate surface area is 427 Å². The zero-order valence-corrected chi connectivity index (χ0v) is 42.8. The zero-order chi connectivity index (χ0) is 47.1. The molecule has 8 bridgehead atoms. The number of aromatic nitrogens is 1. The largest absolute Gasteiger partial charge is 0.376 e. The van der Waals surface area contributed by atoms with Gasteiger partial charge in [0.05, 0.1) is 16.7 Å². The molecule has 2 nitrogen and oxygen atoms in total. The molecule has 10 aliphatic rings. The molecule has 8 fully saturated rings. The minimum absolute atomic E-state index is 0.00203. The first-order valence-electron chi connectivity index (χ1n) is 28.1. The van der Waals surface area contributed by atoms with Gasteiger partial charge in [0, 0.05) is 53.3 Å². The van der Waals surface area contributed by atoms with Crippen LogP contribution in [0.2, 0.25) is 0 Å².